The number of aromatic nitrogens is 2. The van der Waals surface area contributed by atoms with Crippen LogP contribution < -0.4 is 5.32 Å². The number of carbonyl (C=O) groups is 3. The van der Waals surface area contributed by atoms with Crippen LogP contribution in [0.2, 0.25) is 0 Å². The minimum Gasteiger partial charge on any atom is -0.480 e. The summed E-state index contributed by atoms with van der Waals surface area (Å²) in [6.45, 7) is 3.27. The van der Waals surface area contributed by atoms with E-state index in [1.807, 2.05) is 24.3 Å². The van der Waals surface area contributed by atoms with Crippen molar-refractivity contribution >= 4 is 18.0 Å². The average Bonchev–Trinajstić information content (AvgIpc) is 3.18. The number of amides is 2. The molecule has 1 aliphatic carbocycles. The van der Waals surface area contributed by atoms with E-state index < -0.39 is 24.5 Å². The van der Waals surface area contributed by atoms with Crippen molar-refractivity contribution in [1.82, 2.24) is 20.2 Å². The van der Waals surface area contributed by atoms with Crippen LogP contribution in [0.5, 0.6) is 0 Å². The van der Waals surface area contributed by atoms with Gasteiger partial charge in [-0.3, -0.25) is 9.59 Å². The molecule has 3 aromatic rings. The first-order chi connectivity index (χ1) is 16.8. The fraction of sp³-hybridized carbons (Fsp3) is 0.269. The number of carbonyl (C=O) groups excluding carboxylic acids is 2. The van der Waals surface area contributed by atoms with Gasteiger partial charge in [-0.1, -0.05) is 48.5 Å². The number of carboxylic acid groups (broad SMARTS) is 1. The van der Waals surface area contributed by atoms with Gasteiger partial charge in [-0.15, -0.1) is 0 Å². The van der Waals surface area contributed by atoms with E-state index in [9.17, 15) is 14.4 Å². The molecule has 0 spiro atoms. The summed E-state index contributed by atoms with van der Waals surface area (Å²) in [5.41, 5.74) is 4.73. The molecular weight excluding hydrogens is 448 g/mol. The summed E-state index contributed by atoms with van der Waals surface area (Å²) in [5.74, 6) is -1.32. The lowest BCUT2D eigenvalue weighted by molar-refractivity contribution is -0.138. The summed E-state index contributed by atoms with van der Waals surface area (Å²) in [6.07, 6.45) is 2.05. The summed E-state index contributed by atoms with van der Waals surface area (Å²) in [6, 6.07) is 15.9. The fourth-order valence-electron chi connectivity index (χ4n) is 4.16. The first-order valence-electron chi connectivity index (χ1n) is 11.3. The summed E-state index contributed by atoms with van der Waals surface area (Å²) >= 11 is 0. The molecule has 0 atom stereocenters. The standard InChI is InChI=1S/C26H26N4O5/c1-16(2)30(14-24(31)32)25(33)17-11-27-23(28-12-17)13-29-26(34)35-15-22-20-9-5-3-7-18(20)19-8-4-6-10-21(19)22/h3-12,16,22H,13-15H2,1-2H3,(H,29,34)(H,31,32). The van der Waals surface area contributed by atoms with E-state index in [0.29, 0.717) is 5.82 Å². The molecule has 2 amide bonds. The van der Waals surface area contributed by atoms with Gasteiger partial charge in [0, 0.05) is 24.4 Å². The van der Waals surface area contributed by atoms with Crippen molar-refractivity contribution in [3.8, 4) is 11.1 Å². The summed E-state index contributed by atoms with van der Waals surface area (Å²) in [4.78, 5) is 45.4. The predicted octanol–water partition coefficient (Wildman–Crippen LogP) is 3.45. The van der Waals surface area contributed by atoms with Gasteiger partial charge in [-0.25, -0.2) is 14.8 Å². The van der Waals surface area contributed by atoms with Gasteiger partial charge in [0.05, 0.1) is 12.1 Å². The number of hydrogen-bond acceptors (Lipinski definition) is 6. The fourth-order valence-corrected chi connectivity index (χ4v) is 4.16. The quantitative estimate of drug-likeness (QED) is 0.513. The van der Waals surface area contributed by atoms with Gasteiger partial charge >= 0.3 is 12.1 Å². The van der Waals surface area contributed by atoms with Crippen LogP contribution in [-0.4, -0.2) is 57.1 Å². The van der Waals surface area contributed by atoms with Crippen LogP contribution in [0.1, 0.15) is 47.1 Å². The van der Waals surface area contributed by atoms with Gasteiger partial charge in [-0.2, -0.15) is 0 Å². The highest BCUT2D eigenvalue weighted by Crippen LogP contribution is 2.44. The lowest BCUT2D eigenvalue weighted by Gasteiger charge is -2.24. The molecule has 1 aromatic heterocycles. The Labute approximate surface area is 202 Å². The maximum Gasteiger partial charge on any atom is 0.407 e. The molecule has 1 heterocycles. The average molecular weight is 475 g/mol. The molecule has 2 aromatic carbocycles. The molecule has 9 heteroatoms. The molecule has 0 saturated carbocycles. The zero-order valence-electron chi connectivity index (χ0n) is 19.5. The van der Waals surface area contributed by atoms with Crippen molar-refractivity contribution in [3.05, 3.63) is 83.4 Å². The Morgan fingerprint density at radius 1 is 1.00 bits per heavy atom. The molecule has 2 N–H and O–H groups in total. The molecule has 0 saturated heterocycles. The normalized spacial score (nSPS) is 12.1. The monoisotopic (exact) mass is 474 g/mol. The van der Waals surface area contributed by atoms with E-state index in [-0.39, 0.29) is 30.7 Å². The first kappa shape index (κ1) is 23.9. The second-order valence-corrected chi connectivity index (χ2v) is 8.49. The van der Waals surface area contributed by atoms with Gasteiger partial charge in [-0.05, 0) is 36.1 Å². The number of nitrogens with zero attached hydrogens (tertiary/aromatic N) is 3. The van der Waals surface area contributed by atoms with E-state index in [2.05, 4.69) is 39.6 Å². The Bertz CT molecular complexity index is 1200. The van der Waals surface area contributed by atoms with Gasteiger partial charge in [0.2, 0.25) is 0 Å². The molecule has 0 radical (unpaired) electrons. The van der Waals surface area contributed by atoms with Crippen LogP contribution in [0, 0.1) is 0 Å². The molecule has 1 aliphatic rings. The number of alkyl carbamates (subject to hydrolysis) is 1. The van der Waals surface area contributed by atoms with Crippen molar-refractivity contribution in [2.75, 3.05) is 13.2 Å². The Morgan fingerprint density at radius 3 is 2.11 bits per heavy atom. The SMILES string of the molecule is CC(C)N(CC(=O)O)C(=O)c1cnc(CNC(=O)OCC2c3ccccc3-c3ccccc32)nc1. The van der Waals surface area contributed by atoms with Crippen LogP contribution in [0.3, 0.4) is 0 Å². The van der Waals surface area contributed by atoms with Gasteiger partial charge < -0.3 is 20.1 Å². The van der Waals surface area contributed by atoms with Gasteiger partial charge in [0.25, 0.3) is 5.91 Å². The van der Waals surface area contributed by atoms with Gasteiger partial charge in [0.1, 0.15) is 19.0 Å². The largest absolute Gasteiger partial charge is 0.480 e. The molecule has 180 valence electrons. The van der Waals surface area contributed by atoms with Crippen LogP contribution in [0.25, 0.3) is 11.1 Å². The number of fused-ring (bicyclic) bond motifs is 3. The zero-order valence-corrected chi connectivity index (χ0v) is 19.5. The second kappa shape index (κ2) is 10.3. The zero-order chi connectivity index (χ0) is 24.9. The summed E-state index contributed by atoms with van der Waals surface area (Å²) in [7, 11) is 0. The van der Waals surface area contributed by atoms with Crippen molar-refractivity contribution in [2.24, 2.45) is 0 Å². The highest BCUT2D eigenvalue weighted by molar-refractivity contribution is 5.95. The number of benzene rings is 2. The van der Waals surface area contributed by atoms with Crippen molar-refractivity contribution in [1.29, 1.82) is 0 Å². The third kappa shape index (κ3) is 5.29. The maximum atomic E-state index is 12.6. The number of nitrogens with one attached hydrogen (secondary N) is 1. The Balaban J connectivity index is 1.33. The highest BCUT2D eigenvalue weighted by atomic mass is 16.5. The molecule has 35 heavy (non-hydrogen) atoms. The maximum absolute atomic E-state index is 12.6. The topological polar surface area (TPSA) is 122 Å². The van der Waals surface area contributed by atoms with Crippen LogP contribution in [0.15, 0.2) is 60.9 Å². The summed E-state index contributed by atoms with van der Waals surface area (Å²) in [5, 5.41) is 11.7. The minimum atomic E-state index is -1.10. The molecule has 4 rings (SSSR count). The molecule has 0 unspecified atom stereocenters. The lowest BCUT2D eigenvalue weighted by Crippen LogP contribution is -2.40. The van der Waals surface area contributed by atoms with Crippen molar-refractivity contribution < 1.29 is 24.2 Å². The number of carboxylic acids is 1. The van der Waals surface area contributed by atoms with Crippen molar-refractivity contribution in [2.45, 2.75) is 32.4 Å². The second-order valence-electron chi connectivity index (χ2n) is 8.49. The minimum absolute atomic E-state index is 0.0220. The van der Waals surface area contributed by atoms with Crippen LogP contribution >= 0.6 is 0 Å². The van der Waals surface area contributed by atoms with Crippen molar-refractivity contribution in [3.63, 3.8) is 0 Å². The predicted molar refractivity (Wildman–Crippen MR) is 128 cm³/mol. The third-order valence-corrected chi connectivity index (χ3v) is 5.88. The summed E-state index contributed by atoms with van der Waals surface area (Å²) < 4.78 is 5.50. The van der Waals surface area contributed by atoms with E-state index in [1.54, 1.807) is 13.8 Å². The molecule has 9 nitrogen and oxygen atoms in total. The Morgan fingerprint density at radius 2 is 1.57 bits per heavy atom. The van der Waals surface area contributed by atoms with Crippen LogP contribution in [0.4, 0.5) is 4.79 Å². The third-order valence-electron chi connectivity index (χ3n) is 5.88. The Kier molecular flexibility index (Phi) is 7.05. The molecular formula is C26H26N4O5. The molecule has 0 aliphatic heterocycles. The van der Waals surface area contributed by atoms with E-state index in [0.717, 1.165) is 22.3 Å². The number of rotatable bonds is 8. The highest BCUT2D eigenvalue weighted by Gasteiger charge is 2.29. The smallest absolute Gasteiger partial charge is 0.407 e. The van der Waals surface area contributed by atoms with Gasteiger partial charge in [0.15, 0.2) is 0 Å². The van der Waals surface area contributed by atoms with Crippen LogP contribution in [-0.2, 0) is 16.1 Å². The van der Waals surface area contributed by atoms with E-state index in [4.69, 9.17) is 9.84 Å². The first-order valence-corrected chi connectivity index (χ1v) is 11.3. The van der Waals surface area contributed by atoms with E-state index >= 15 is 0 Å². The Hall–Kier alpha value is -4.27. The molecule has 0 fully saturated rings. The lowest BCUT2D eigenvalue weighted by atomic mass is 9.98. The number of hydrogen-bond donors (Lipinski definition) is 2. The molecule has 0 bridgehead atoms. The number of aliphatic carboxylic acids is 1. The number of ether oxygens (including phenoxy) is 1. The van der Waals surface area contributed by atoms with E-state index in [1.165, 1.54) is 17.3 Å².